The molecule has 0 aliphatic heterocycles. The number of rotatable bonds is 10. The summed E-state index contributed by atoms with van der Waals surface area (Å²) in [5, 5.41) is 15.9. The molecule has 200 valence electrons. The molecule has 9 heteroatoms. The monoisotopic (exact) mass is 576 g/mol. The Hall–Kier alpha value is -3.03. The van der Waals surface area contributed by atoms with Crippen LogP contribution < -0.4 is 10.6 Å². The first kappa shape index (κ1) is 28.5. The van der Waals surface area contributed by atoms with Crippen LogP contribution in [-0.2, 0) is 14.3 Å². The van der Waals surface area contributed by atoms with Crippen molar-refractivity contribution in [2.45, 2.75) is 68.9 Å². The summed E-state index contributed by atoms with van der Waals surface area (Å²) in [7, 11) is 0. The van der Waals surface area contributed by atoms with E-state index in [1.165, 1.54) is 0 Å². The maximum absolute atomic E-state index is 12.6. The Morgan fingerprint density at radius 2 is 1.49 bits per heavy atom. The summed E-state index contributed by atoms with van der Waals surface area (Å²) in [6, 6.07) is 14.8. The first-order valence-corrected chi connectivity index (χ1v) is 14.8. The first-order valence-electron chi connectivity index (χ1n) is 12.4. The van der Waals surface area contributed by atoms with Gasteiger partial charge in [-0.05, 0) is 0 Å². The van der Waals surface area contributed by atoms with Gasteiger partial charge < -0.3 is 0 Å². The second-order valence-electron chi connectivity index (χ2n) is 10.4. The number of nitrogens with one attached hydrogen (secondary N) is 2. The molecule has 0 saturated heterocycles. The molecule has 0 radical (unpaired) electrons. The van der Waals surface area contributed by atoms with Crippen molar-refractivity contribution >= 4 is 33.1 Å². The molecule has 0 bridgehead atoms. The van der Waals surface area contributed by atoms with E-state index in [2.05, 4.69) is 22.8 Å². The zero-order chi connectivity index (χ0) is 27.2. The molecule has 0 fully saturated rings. The Kier molecular flexibility index (Phi) is 9.62. The van der Waals surface area contributed by atoms with Crippen LogP contribution in [0.4, 0.5) is 9.59 Å². The molecule has 0 unspecified atom stereocenters. The summed E-state index contributed by atoms with van der Waals surface area (Å²) >= 11 is -0.149. The molecular formula is C28H36N2O6Se. The molecule has 3 N–H and O–H groups in total. The second kappa shape index (κ2) is 12.5. The Labute approximate surface area is 224 Å². The van der Waals surface area contributed by atoms with Gasteiger partial charge in [0.2, 0.25) is 0 Å². The molecule has 2 atom stereocenters. The number of carboxylic acid groups (broad SMARTS) is 1. The van der Waals surface area contributed by atoms with Gasteiger partial charge in [0.15, 0.2) is 0 Å². The van der Waals surface area contributed by atoms with Gasteiger partial charge in [-0.3, -0.25) is 0 Å². The Balaban J connectivity index is 1.52. The number of alkyl carbamates (subject to hydrolysis) is 2. The van der Waals surface area contributed by atoms with E-state index in [0.717, 1.165) is 22.3 Å². The number of carboxylic acids is 1. The number of hydrogen-bond acceptors (Lipinski definition) is 5. The van der Waals surface area contributed by atoms with Gasteiger partial charge in [0.25, 0.3) is 0 Å². The van der Waals surface area contributed by atoms with E-state index in [4.69, 9.17) is 9.47 Å². The van der Waals surface area contributed by atoms with Crippen LogP contribution in [0.15, 0.2) is 48.5 Å². The first-order chi connectivity index (χ1) is 17.5. The van der Waals surface area contributed by atoms with E-state index >= 15 is 0 Å². The number of carbonyl (C=O) groups is 3. The standard InChI is InChI=1S/C28H36N2O6Se/c1-17(2)23(29-27(34)36-28(3,4)5)15-37-16-24(25(31)32)30-26(33)35-14-22-20-12-8-6-10-18(20)19-11-7-9-13-21(19)22/h6-13,17,22-24H,14-16H2,1-5H3,(H,29,34)(H,30,33)(H,31,32)/t23-,24+/m1/s1. The third-order valence-electron chi connectivity index (χ3n) is 6.02. The molecule has 2 amide bonds. The Bertz CT molecular complexity index is 1070. The third kappa shape index (κ3) is 7.97. The fourth-order valence-electron chi connectivity index (χ4n) is 4.13. The number of fused-ring (bicyclic) bond motifs is 3. The average molecular weight is 576 g/mol. The van der Waals surface area contributed by atoms with E-state index in [1.54, 1.807) is 20.8 Å². The van der Waals surface area contributed by atoms with Crippen molar-refractivity contribution in [3.05, 3.63) is 59.7 Å². The van der Waals surface area contributed by atoms with Crippen molar-refractivity contribution in [2.75, 3.05) is 6.61 Å². The molecule has 37 heavy (non-hydrogen) atoms. The van der Waals surface area contributed by atoms with Crippen LogP contribution in [0.2, 0.25) is 10.6 Å². The molecular weight excluding hydrogens is 539 g/mol. The molecule has 0 aromatic heterocycles. The Morgan fingerprint density at radius 3 is 2.00 bits per heavy atom. The molecule has 0 saturated carbocycles. The van der Waals surface area contributed by atoms with Crippen LogP contribution in [0, 0.1) is 5.92 Å². The van der Waals surface area contributed by atoms with Crippen LogP contribution in [0.1, 0.15) is 51.7 Å². The summed E-state index contributed by atoms with van der Waals surface area (Å²) in [5.74, 6) is -1.07. The van der Waals surface area contributed by atoms with E-state index in [9.17, 15) is 19.5 Å². The minimum absolute atomic E-state index is 0.101. The quantitative estimate of drug-likeness (QED) is 0.341. The van der Waals surface area contributed by atoms with Gasteiger partial charge in [0.05, 0.1) is 0 Å². The van der Waals surface area contributed by atoms with Crippen LogP contribution >= 0.6 is 0 Å². The van der Waals surface area contributed by atoms with E-state index < -0.39 is 29.8 Å². The second-order valence-corrected chi connectivity index (χ2v) is 12.7. The zero-order valence-electron chi connectivity index (χ0n) is 21.9. The fraction of sp³-hybridized carbons (Fsp3) is 0.464. The number of ether oxygens (including phenoxy) is 2. The summed E-state index contributed by atoms with van der Waals surface area (Å²) < 4.78 is 10.8. The summed E-state index contributed by atoms with van der Waals surface area (Å²) in [4.78, 5) is 36.5. The molecule has 0 spiro atoms. The van der Waals surface area contributed by atoms with Gasteiger partial charge in [-0.25, -0.2) is 0 Å². The SMILES string of the molecule is CC(C)[C@@H](C[Se]C[C@H](NC(=O)OCC1c2ccccc2-c2ccccc21)C(=O)O)NC(=O)OC(C)(C)C. The van der Waals surface area contributed by atoms with Crippen molar-refractivity contribution < 1.29 is 29.0 Å². The van der Waals surface area contributed by atoms with E-state index in [-0.39, 0.29) is 44.8 Å². The van der Waals surface area contributed by atoms with Gasteiger partial charge in [-0.15, -0.1) is 0 Å². The Morgan fingerprint density at radius 1 is 0.919 bits per heavy atom. The van der Waals surface area contributed by atoms with Crippen molar-refractivity contribution in [1.29, 1.82) is 0 Å². The molecule has 0 heterocycles. The predicted octanol–water partition coefficient (Wildman–Crippen LogP) is 5.07. The molecule has 3 rings (SSSR count). The number of carbonyl (C=O) groups excluding carboxylic acids is 2. The van der Waals surface area contributed by atoms with Crippen molar-refractivity contribution in [3.8, 4) is 11.1 Å². The van der Waals surface area contributed by atoms with Gasteiger partial charge in [-0.1, -0.05) is 0 Å². The van der Waals surface area contributed by atoms with Gasteiger partial charge >= 0.3 is 225 Å². The van der Waals surface area contributed by atoms with Crippen molar-refractivity contribution in [2.24, 2.45) is 5.92 Å². The molecule has 1 aliphatic rings. The molecule has 2 aromatic carbocycles. The molecule has 2 aromatic rings. The summed E-state index contributed by atoms with van der Waals surface area (Å²) in [5.41, 5.74) is 3.83. The van der Waals surface area contributed by atoms with E-state index in [1.807, 2.05) is 50.2 Å². The van der Waals surface area contributed by atoms with Gasteiger partial charge in [-0.2, -0.15) is 0 Å². The average Bonchev–Trinajstić information content (AvgIpc) is 3.13. The predicted molar refractivity (Wildman–Crippen MR) is 143 cm³/mol. The molecule has 1 aliphatic carbocycles. The third-order valence-corrected chi connectivity index (χ3v) is 8.46. The van der Waals surface area contributed by atoms with Crippen LogP contribution in [0.5, 0.6) is 0 Å². The van der Waals surface area contributed by atoms with Crippen LogP contribution in [0.25, 0.3) is 11.1 Å². The number of benzene rings is 2. The van der Waals surface area contributed by atoms with Crippen molar-refractivity contribution in [1.82, 2.24) is 10.6 Å². The van der Waals surface area contributed by atoms with Crippen molar-refractivity contribution in [3.63, 3.8) is 0 Å². The maximum atomic E-state index is 12.6. The molecule has 8 nitrogen and oxygen atoms in total. The number of amides is 2. The minimum atomic E-state index is -1.11. The number of aliphatic carboxylic acids is 1. The normalized spacial score (nSPS) is 14.3. The summed E-state index contributed by atoms with van der Waals surface area (Å²) in [6.07, 6.45) is -1.24. The zero-order valence-corrected chi connectivity index (χ0v) is 23.7. The van der Waals surface area contributed by atoms with Gasteiger partial charge in [0.1, 0.15) is 0 Å². The summed E-state index contributed by atoms with van der Waals surface area (Å²) in [6.45, 7) is 9.49. The fourth-order valence-corrected chi connectivity index (χ4v) is 6.90. The number of hydrogen-bond donors (Lipinski definition) is 3. The van der Waals surface area contributed by atoms with E-state index in [0.29, 0.717) is 5.32 Å². The van der Waals surface area contributed by atoms with Crippen LogP contribution in [-0.4, -0.2) is 62.5 Å². The topological polar surface area (TPSA) is 114 Å². The van der Waals surface area contributed by atoms with Crippen LogP contribution in [0.3, 0.4) is 0 Å². The van der Waals surface area contributed by atoms with Gasteiger partial charge in [0, 0.05) is 0 Å².